The molecule has 2 aromatic heterocycles. The van der Waals surface area contributed by atoms with Gasteiger partial charge in [-0.05, 0) is 36.4 Å². The molecule has 0 saturated heterocycles. The molecule has 0 unspecified atom stereocenters. The molecule has 5 nitrogen and oxygen atoms in total. The Bertz CT molecular complexity index is 631. The predicted octanol–water partition coefficient (Wildman–Crippen LogP) is 2.52. The number of hydrogen-bond acceptors (Lipinski definition) is 5. The molecule has 0 aliphatic carbocycles. The van der Waals surface area contributed by atoms with E-state index in [-0.39, 0.29) is 5.82 Å². The van der Waals surface area contributed by atoms with Gasteiger partial charge in [0.1, 0.15) is 11.6 Å². The highest BCUT2D eigenvalue weighted by Crippen LogP contribution is 2.22. The van der Waals surface area contributed by atoms with Gasteiger partial charge in [-0.1, -0.05) is 5.16 Å². The van der Waals surface area contributed by atoms with Gasteiger partial charge in [-0.15, -0.1) is 0 Å². The summed E-state index contributed by atoms with van der Waals surface area (Å²) in [6, 6.07) is 9.25. The quantitative estimate of drug-likeness (QED) is 0.762. The highest BCUT2D eigenvalue weighted by molar-refractivity contribution is 5.59. The monoisotopic (exact) mass is 256 g/mol. The Balaban J connectivity index is 1.95. The molecule has 0 saturated carbocycles. The molecule has 0 fully saturated rings. The van der Waals surface area contributed by atoms with E-state index in [4.69, 9.17) is 10.3 Å². The lowest BCUT2D eigenvalue weighted by Crippen LogP contribution is -1.89. The number of aromatic nitrogens is 3. The van der Waals surface area contributed by atoms with Crippen LogP contribution in [0.3, 0.4) is 0 Å². The molecular formula is C13H9FN4O. The zero-order valence-corrected chi connectivity index (χ0v) is 9.75. The fourth-order valence-electron chi connectivity index (χ4n) is 1.59. The van der Waals surface area contributed by atoms with E-state index in [0.717, 1.165) is 0 Å². The van der Waals surface area contributed by atoms with Crippen molar-refractivity contribution in [2.45, 2.75) is 0 Å². The molecule has 1 aromatic carbocycles. The van der Waals surface area contributed by atoms with Gasteiger partial charge in [0.2, 0.25) is 5.82 Å². The van der Waals surface area contributed by atoms with Crippen LogP contribution < -0.4 is 5.73 Å². The Morgan fingerprint density at radius 3 is 2.42 bits per heavy atom. The molecule has 0 amide bonds. The summed E-state index contributed by atoms with van der Waals surface area (Å²) in [5.41, 5.74) is 6.86. The molecule has 0 atom stereocenters. The molecule has 94 valence electrons. The van der Waals surface area contributed by atoms with Gasteiger partial charge >= 0.3 is 0 Å². The van der Waals surface area contributed by atoms with E-state index in [1.54, 1.807) is 30.5 Å². The van der Waals surface area contributed by atoms with Crippen molar-refractivity contribution in [2.75, 3.05) is 5.73 Å². The SMILES string of the molecule is Nc1ccc(-c2nc(-c3ccc(F)cc3)no2)cn1. The number of pyridine rings is 1. The van der Waals surface area contributed by atoms with Gasteiger partial charge in [0.05, 0.1) is 5.56 Å². The normalized spacial score (nSPS) is 10.6. The van der Waals surface area contributed by atoms with Gasteiger partial charge in [0.15, 0.2) is 0 Å². The van der Waals surface area contributed by atoms with Gasteiger partial charge in [-0.3, -0.25) is 0 Å². The molecule has 2 N–H and O–H groups in total. The summed E-state index contributed by atoms with van der Waals surface area (Å²) in [7, 11) is 0. The Morgan fingerprint density at radius 1 is 1.00 bits per heavy atom. The van der Waals surface area contributed by atoms with Crippen LogP contribution in [0.15, 0.2) is 47.1 Å². The van der Waals surface area contributed by atoms with Crippen molar-refractivity contribution in [3.63, 3.8) is 0 Å². The van der Waals surface area contributed by atoms with Crippen LogP contribution in [0, 0.1) is 5.82 Å². The number of nitrogens with zero attached hydrogens (tertiary/aromatic N) is 3. The van der Waals surface area contributed by atoms with Crippen LogP contribution >= 0.6 is 0 Å². The van der Waals surface area contributed by atoms with Crippen molar-refractivity contribution in [2.24, 2.45) is 0 Å². The van der Waals surface area contributed by atoms with E-state index in [1.165, 1.54) is 12.1 Å². The molecule has 19 heavy (non-hydrogen) atoms. The number of hydrogen-bond donors (Lipinski definition) is 1. The molecule has 0 spiro atoms. The zero-order chi connectivity index (χ0) is 13.2. The second kappa shape index (κ2) is 4.49. The molecule has 0 aliphatic heterocycles. The topological polar surface area (TPSA) is 77.8 Å². The van der Waals surface area contributed by atoms with Gasteiger partial charge < -0.3 is 10.3 Å². The average molecular weight is 256 g/mol. The van der Waals surface area contributed by atoms with E-state index in [0.29, 0.717) is 28.7 Å². The number of nitrogens with two attached hydrogens (primary N) is 1. The van der Waals surface area contributed by atoms with Gasteiger partial charge in [-0.25, -0.2) is 9.37 Å². The first-order valence-corrected chi connectivity index (χ1v) is 5.54. The van der Waals surface area contributed by atoms with Crippen LogP contribution in [-0.4, -0.2) is 15.1 Å². The van der Waals surface area contributed by atoms with Crippen LogP contribution in [0.4, 0.5) is 10.2 Å². The Hall–Kier alpha value is -2.76. The van der Waals surface area contributed by atoms with Crippen molar-refractivity contribution in [1.29, 1.82) is 0 Å². The third-order valence-electron chi connectivity index (χ3n) is 2.56. The zero-order valence-electron chi connectivity index (χ0n) is 9.75. The van der Waals surface area contributed by atoms with Crippen LogP contribution in [0.2, 0.25) is 0 Å². The number of rotatable bonds is 2. The van der Waals surface area contributed by atoms with Crippen molar-refractivity contribution in [3.8, 4) is 22.8 Å². The van der Waals surface area contributed by atoms with E-state index >= 15 is 0 Å². The Morgan fingerprint density at radius 2 is 1.74 bits per heavy atom. The largest absolute Gasteiger partial charge is 0.384 e. The van der Waals surface area contributed by atoms with E-state index in [1.807, 2.05) is 0 Å². The fraction of sp³-hybridized carbons (Fsp3) is 0. The molecule has 3 aromatic rings. The van der Waals surface area contributed by atoms with Gasteiger partial charge in [0, 0.05) is 11.8 Å². The van der Waals surface area contributed by atoms with Crippen LogP contribution in [0.1, 0.15) is 0 Å². The lowest BCUT2D eigenvalue weighted by atomic mass is 10.2. The Labute approximate surface area is 107 Å². The second-order valence-electron chi connectivity index (χ2n) is 3.90. The maximum Gasteiger partial charge on any atom is 0.259 e. The average Bonchev–Trinajstić information content (AvgIpc) is 2.90. The molecule has 6 heteroatoms. The second-order valence-corrected chi connectivity index (χ2v) is 3.90. The summed E-state index contributed by atoms with van der Waals surface area (Å²) in [5.74, 6) is 0.843. The number of anilines is 1. The lowest BCUT2D eigenvalue weighted by Gasteiger charge is -1.94. The molecular weight excluding hydrogens is 247 g/mol. The maximum absolute atomic E-state index is 12.8. The standard InChI is InChI=1S/C13H9FN4O/c14-10-4-1-8(2-5-10)12-17-13(19-18-12)9-3-6-11(15)16-7-9/h1-7H,(H2,15,16). The molecule has 0 radical (unpaired) electrons. The number of benzene rings is 1. The van der Waals surface area contributed by atoms with Crippen molar-refractivity contribution in [1.82, 2.24) is 15.1 Å². The number of nitrogen functional groups attached to an aromatic ring is 1. The lowest BCUT2D eigenvalue weighted by molar-refractivity contribution is 0.432. The molecule has 3 rings (SSSR count). The minimum atomic E-state index is -0.310. The third-order valence-corrected chi connectivity index (χ3v) is 2.56. The van der Waals surface area contributed by atoms with E-state index in [9.17, 15) is 4.39 Å². The molecule has 0 aliphatic rings. The Kier molecular flexibility index (Phi) is 2.68. The summed E-state index contributed by atoms with van der Waals surface area (Å²) >= 11 is 0. The summed E-state index contributed by atoms with van der Waals surface area (Å²) < 4.78 is 18.0. The third kappa shape index (κ3) is 2.28. The molecule has 0 bridgehead atoms. The van der Waals surface area contributed by atoms with Crippen LogP contribution in [0.25, 0.3) is 22.8 Å². The van der Waals surface area contributed by atoms with Crippen LogP contribution in [-0.2, 0) is 0 Å². The smallest absolute Gasteiger partial charge is 0.259 e. The summed E-state index contributed by atoms with van der Waals surface area (Å²) in [5, 5.41) is 3.85. The van der Waals surface area contributed by atoms with E-state index in [2.05, 4.69) is 15.1 Å². The van der Waals surface area contributed by atoms with Crippen molar-refractivity contribution in [3.05, 3.63) is 48.4 Å². The summed E-state index contributed by atoms with van der Waals surface area (Å²) in [6.45, 7) is 0. The van der Waals surface area contributed by atoms with Gasteiger partial charge in [0.25, 0.3) is 5.89 Å². The van der Waals surface area contributed by atoms with Crippen molar-refractivity contribution < 1.29 is 8.91 Å². The maximum atomic E-state index is 12.8. The van der Waals surface area contributed by atoms with Crippen LogP contribution in [0.5, 0.6) is 0 Å². The minimum absolute atomic E-state index is 0.310. The highest BCUT2D eigenvalue weighted by Gasteiger charge is 2.10. The molecule has 2 heterocycles. The first-order valence-electron chi connectivity index (χ1n) is 5.54. The number of halogens is 1. The summed E-state index contributed by atoms with van der Waals surface area (Å²) in [6.07, 6.45) is 1.55. The first kappa shape index (κ1) is 11.3. The van der Waals surface area contributed by atoms with Crippen molar-refractivity contribution >= 4 is 5.82 Å². The highest BCUT2D eigenvalue weighted by atomic mass is 19.1. The predicted molar refractivity (Wildman–Crippen MR) is 67.3 cm³/mol. The fourth-order valence-corrected chi connectivity index (χ4v) is 1.59. The van der Waals surface area contributed by atoms with Gasteiger partial charge in [-0.2, -0.15) is 4.98 Å². The summed E-state index contributed by atoms with van der Waals surface area (Å²) in [4.78, 5) is 8.18. The first-order chi connectivity index (χ1) is 9.22. The van der Waals surface area contributed by atoms with E-state index < -0.39 is 0 Å². The minimum Gasteiger partial charge on any atom is -0.384 e.